The number of carbonyl (C=O) groups excluding carboxylic acids is 3. The summed E-state index contributed by atoms with van der Waals surface area (Å²) in [6, 6.07) is 7.32. The summed E-state index contributed by atoms with van der Waals surface area (Å²) in [5.74, 6) is 0.0710. The Balaban J connectivity index is 0.000000264. The van der Waals surface area contributed by atoms with E-state index in [0.717, 1.165) is 102 Å². The van der Waals surface area contributed by atoms with Crippen molar-refractivity contribution in [3.05, 3.63) is 201 Å². The zero-order chi connectivity index (χ0) is 60.9. The van der Waals surface area contributed by atoms with Gasteiger partial charge in [0.25, 0.3) is 0 Å². The number of aromatic amines is 1. The van der Waals surface area contributed by atoms with Crippen molar-refractivity contribution >= 4 is 64.1 Å². The van der Waals surface area contributed by atoms with E-state index < -0.39 is 6.10 Å². The fraction of sp³-hybridized carbons (Fsp3) is 0.406. The van der Waals surface area contributed by atoms with Gasteiger partial charge < -0.3 is 23.8 Å². The normalized spacial score (nSPS) is 11.5. The molecule has 1 unspecified atom stereocenters. The summed E-state index contributed by atoms with van der Waals surface area (Å²) in [5.41, 5.74) is 18.9. The number of ketones is 1. The highest BCUT2D eigenvalue weighted by molar-refractivity contribution is 14.1. The molecule has 0 aromatic carbocycles. The van der Waals surface area contributed by atoms with Crippen molar-refractivity contribution < 1.29 is 19.5 Å². The first kappa shape index (κ1) is 68.2. The number of halogens is 3. The first-order chi connectivity index (χ1) is 37.0. The van der Waals surface area contributed by atoms with Gasteiger partial charge in [0.2, 0.25) is 0 Å². The van der Waals surface area contributed by atoms with Gasteiger partial charge in [-0.05, 0) is 232 Å². The number of hydrogen-bond acceptors (Lipinski definition) is 9. The number of hydrogen-bond donors (Lipinski definition) is 2. The van der Waals surface area contributed by atoms with Crippen LogP contribution in [0.5, 0.6) is 0 Å². The highest BCUT2D eigenvalue weighted by Crippen LogP contribution is 2.34. The van der Waals surface area contributed by atoms with Crippen molar-refractivity contribution in [3.63, 3.8) is 0 Å². The van der Waals surface area contributed by atoms with Gasteiger partial charge in [-0.3, -0.25) is 29.3 Å². The Kier molecular flexibility index (Phi) is 24.8. The molecule has 0 fully saturated rings. The van der Waals surface area contributed by atoms with Crippen LogP contribution in [0.2, 0.25) is 10.3 Å². The third kappa shape index (κ3) is 18.0. The minimum Gasteiger partial charge on any atom is -0.384 e. The summed E-state index contributed by atoms with van der Waals surface area (Å²) in [6.45, 7) is 45.5. The molecule has 430 valence electrons. The lowest BCUT2D eigenvalue weighted by Gasteiger charge is -2.23. The first-order valence-electron chi connectivity index (χ1n) is 26.4. The number of aliphatic hydroxyl groups excluding tert-OH is 1. The van der Waals surface area contributed by atoms with E-state index in [0.29, 0.717) is 10.3 Å². The van der Waals surface area contributed by atoms with Crippen LogP contribution in [0.4, 0.5) is 0 Å². The van der Waals surface area contributed by atoms with Crippen molar-refractivity contribution in [2.24, 2.45) is 0 Å². The average Bonchev–Trinajstić information content (AvgIpc) is 4.07. The number of aldehydes is 2. The monoisotopic (exact) mass is 1240 g/mol. The molecule has 0 bridgehead atoms. The van der Waals surface area contributed by atoms with Gasteiger partial charge in [0.15, 0.2) is 18.4 Å². The Morgan fingerprint density at radius 2 is 1.07 bits per heavy atom. The molecule has 0 radical (unpaired) electrons. The molecule has 16 heteroatoms. The van der Waals surface area contributed by atoms with E-state index >= 15 is 0 Å². The number of nitrogens with zero attached hydrogens (tertiary/aromatic N) is 8. The van der Waals surface area contributed by atoms with Crippen molar-refractivity contribution in [1.82, 2.24) is 43.6 Å². The smallest absolute Gasteiger partial charge is 0.196 e. The van der Waals surface area contributed by atoms with Crippen LogP contribution < -0.4 is 0 Å². The first-order valence-corrected chi connectivity index (χ1v) is 28.2. The SMILES string of the molecule is Cc1[nH]cc(C=O)c1C.Cc1c(C=O)cn(C(C)(C)C)c1C.Cc1ccnc(C)c1C(=O)c1cn(C(C)(C)C)c(C)c1C.Cc1ccnc(C)c1C(O)c1cn(C(C)(C)C)c(C)c1C.Cc1ccncc1I.Clc1cc(Cl)ncn1. The lowest BCUT2D eigenvalue weighted by atomic mass is 9.96. The number of pyridine rings is 3. The lowest BCUT2D eigenvalue weighted by molar-refractivity contribution is 0.103. The van der Waals surface area contributed by atoms with E-state index in [1.54, 1.807) is 24.8 Å². The zero-order valence-electron chi connectivity index (χ0n) is 51.1. The quantitative estimate of drug-likeness (QED) is 0.0713. The molecule has 0 aliphatic heterocycles. The van der Waals surface area contributed by atoms with Crippen LogP contribution in [0.15, 0.2) is 80.2 Å². The molecular weight excluding hydrogens is 1160 g/mol. The molecule has 0 amide bonds. The second-order valence-electron chi connectivity index (χ2n) is 22.9. The summed E-state index contributed by atoms with van der Waals surface area (Å²) in [6.07, 6.45) is 17.4. The number of aliphatic hydroxyl groups is 1. The standard InChI is InChI=1S/C18H26N2O.C18H24N2O.C11H17NO.C7H9NO.C6H6IN.C4H2Cl2N2/c2*1-11-8-9-19-13(3)16(11)17(21)15-10-20(18(5,6)7)14(4)12(15)2;1-8-9(2)12(11(3,4)5)6-10(8)7-13;1-5-6(2)8-3-7(5)4-9;1-5-2-3-8-4-6(5)7;5-3-1-4(6)8-2-7-3/h8-10,17,21H,1-7H3;8-10H,1-7H3;6-7H,1-5H3;3-4,8H,1-2H3;2-4H,1H3;1-2H. The molecule has 0 aliphatic rings. The minimum atomic E-state index is -0.624. The van der Waals surface area contributed by atoms with E-state index in [4.69, 9.17) is 23.2 Å². The number of aromatic nitrogens is 9. The largest absolute Gasteiger partial charge is 0.384 e. The van der Waals surface area contributed by atoms with Crippen molar-refractivity contribution in [2.45, 2.75) is 175 Å². The molecule has 8 aromatic heterocycles. The number of nitrogens with one attached hydrogen (secondary N) is 1. The molecule has 13 nitrogen and oxygen atoms in total. The Hall–Kier alpha value is -6.07. The Labute approximate surface area is 499 Å². The van der Waals surface area contributed by atoms with Gasteiger partial charge in [-0.1, -0.05) is 23.2 Å². The Morgan fingerprint density at radius 3 is 1.44 bits per heavy atom. The highest BCUT2D eigenvalue weighted by Gasteiger charge is 2.26. The van der Waals surface area contributed by atoms with Crippen LogP contribution >= 0.6 is 45.8 Å². The third-order valence-electron chi connectivity index (χ3n) is 14.0. The molecule has 2 N–H and O–H groups in total. The fourth-order valence-corrected chi connectivity index (χ4v) is 9.49. The third-order valence-corrected chi connectivity index (χ3v) is 15.6. The van der Waals surface area contributed by atoms with Crippen LogP contribution in [-0.4, -0.2) is 67.1 Å². The van der Waals surface area contributed by atoms with Gasteiger partial charge in [-0.15, -0.1) is 0 Å². The number of aryl methyl sites for hydroxylation is 6. The van der Waals surface area contributed by atoms with E-state index in [2.05, 4.69) is 162 Å². The van der Waals surface area contributed by atoms with Gasteiger partial charge in [0.1, 0.15) is 22.7 Å². The van der Waals surface area contributed by atoms with E-state index in [9.17, 15) is 19.5 Å². The van der Waals surface area contributed by atoms with E-state index in [-0.39, 0.29) is 22.4 Å². The molecule has 8 heterocycles. The van der Waals surface area contributed by atoms with Crippen LogP contribution in [-0.2, 0) is 16.6 Å². The van der Waals surface area contributed by atoms with Gasteiger partial charge >= 0.3 is 0 Å². The average molecular weight is 1240 g/mol. The van der Waals surface area contributed by atoms with E-state index in [1.165, 1.54) is 32.9 Å². The van der Waals surface area contributed by atoms with Crippen molar-refractivity contribution in [2.75, 3.05) is 0 Å². The van der Waals surface area contributed by atoms with Crippen molar-refractivity contribution in [3.8, 4) is 0 Å². The predicted molar refractivity (Wildman–Crippen MR) is 336 cm³/mol. The minimum absolute atomic E-state index is 0.00579. The molecule has 1 atom stereocenters. The lowest BCUT2D eigenvalue weighted by Crippen LogP contribution is -2.22. The highest BCUT2D eigenvalue weighted by atomic mass is 127. The molecule has 0 aliphatic carbocycles. The molecule has 80 heavy (non-hydrogen) atoms. The number of rotatable bonds is 6. The maximum absolute atomic E-state index is 12.9. The van der Waals surface area contributed by atoms with Crippen LogP contribution in [0.1, 0.15) is 189 Å². The predicted octanol–water partition coefficient (Wildman–Crippen LogP) is 16.0. The molecule has 8 rings (SSSR count). The molecule has 8 aromatic rings. The summed E-state index contributed by atoms with van der Waals surface area (Å²) in [4.78, 5) is 56.6. The van der Waals surface area contributed by atoms with Gasteiger partial charge in [-0.2, -0.15) is 0 Å². The summed E-state index contributed by atoms with van der Waals surface area (Å²) in [7, 11) is 0. The van der Waals surface area contributed by atoms with Gasteiger partial charge in [0, 0.05) is 143 Å². The zero-order valence-corrected chi connectivity index (χ0v) is 54.8. The maximum Gasteiger partial charge on any atom is 0.196 e. The molecule has 0 saturated carbocycles. The summed E-state index contributed by atoms with van der Waals surface area (Å²) in [5, 5.41) is 11.6. The van der Waals surface area contributed by atoms with Crippen molar-refractivity contribution in [1.29, 1.82) is 0 Å². The number of H-pyrrole nitrogens is 1. The topological polar surface area (TPSA) is 166 Å². The molecule has 0 spiro atoms. The van der Waals surface area contributed by atoms with Crippen LogP contribution in [0.25, 0.3) is 0 Å². The Morgan fingerprint density at radius 1 is 0.600 bits per heavy atom. The summed E-state index contributed by atoms with van der Waals surface area (Å²) < 4.78 is 7.79. The van der Waals surface area contributed by atoms with Crippen LogP contribution in [0.3, 0.4) is 0 Å². The van der Waals surface area contributed by atoms with Gasteiger partial charge in [-0.25, -0.2) is 9.97 Å². The Bertz CT molecular complexity index is 3320. The summed E-state index contributed by atoms with van der Waals surface area (Å²) >= 11 is 13.1. The second-order valence-corrected chi connectivity index (χ2v) is 24.9. The molecule has 0 saturated heterocycles. The molecular formula is C64H84Cl2IN9O4. The number of carbonyl (C=O) groups is 3. The maximum atomic E-state index is 12.9. The van der Waals surface area contributed by atoms with Gasteiger partial charge in [0.05, 0.1) is 0 Å². The second kappa shape index (κ2) is 29.1. The van der Waals surface area contributed by atoms with Crippen LogP contribution in [0, 0.1) is 93.6 Å². The fourth-order valence-electron chi connectivity index (χ4n) is 8.80. The van der Waals surface area contributed by atoms with E-state index in [1.807, 2.05) is 99.1 Å².